The summed E-state index contributed by atoms with van der Waals surface area (Å²) < 4.78 is 33.7. The van der Waals surface area contributed by atoms with Gasteiger partial charge in [-0.15, -0.1) is 0 Å². The average Bonchev–Trinajstić information content (AvgIpc) is 2.96. The zero-order valence-corrected chi connectivity index (χ0v) is 24.2. The molecule has 0 saturated heterocycles. The number of rotatable bonds is 11. The van der Waals surface area contributed by atoms with Crippen LogP contribution in [0.15, 0.2) is 51.8 Å². The maximum Gasteiger partial charge on any atom is 0.328 e. The van der Waals surface area contributed by atoms with Crippen LogP contribution < -0.4 is 15.0 Å². The van der Waals surface area contributed by atoms with Crippen molar-refractivity contribution in [1.29, 1.82) is 0 Å². The van der Waals surface area contributed by atoms with Gasteiger partial charge < -0.3 is 25.2 Å². The Morgan fingerprint density at radius 1 is 1.21 bits per heavy atom. The molecule has 1 aliphatic rings. The van der Waals surface area contributed by atoms with Crippen LogP contribution in [0, 0.1) is 5.41 Å². The molecule has 0 spiro atoms. The van der Waals surface area contributed by atoms with E-state index in [9.17, 15) is 28.2 Å². The third-order valence-electron chi connectivity index (χ3n) is 6.93. The predicted octanol–water partition coefficient (Wildman–Crippen LogP) is 4.29. The van der Waals surface area contributed by atoms with Gasteiger partial charge in [0.2, 0.25) is 0 Å². The van der Waals surface area contributed by atoms with Crippen molar-refractivity contribution in [3.8, 4) is 5.75 Å². The number of carboxylic acid groups (broad SMARTS) is 1. The molecule has 2 aromatic rings. The second-order valence-corrected chi connectivity index (χ2v) is 12.6. The molecule has 1 heterocycles. The van der Waals surface area contributed by atoms with Crippen LogP contribution in [0.3, 0.4) is 0 Å². The first-order chi connectivity index (χ1) is 17.9. The molecule has 0 bridgehead atoms. The maximum absolute atomic E-state index is 13.8. The maximum atomic E-state index is 13.8. The van der Waals surface area contributed by atoms with Gasteiger partial charge in [0.05, 0.1) is 26.9 Å². The summed E-state index contributed by atoms with van der Waals surface area (Å²) in [6, 6.07) is 11.3. The van der Waals surface area contributed by atoms with E-state index < -0.39 is 45.9 Å². The number of nitrogens with one attached hydrogen (secondary N) is 1. The van der Waals surface area contributed by atoms with Crippen LogP contribution in [0.2, 0.25) is 0 Å². The Balaban J connectivity index is 2.01. The number of amides is 1. The van der Waals surface area contributed by atoms with Crippen LogP contribution in [-0.2, 0) is 19.4 Å². The molecule has 3 N–H and O–H groups in total. The summed E-state index contributed by atoms with van der Waals surface area (Å²) in [5.74, 6) is -2.02. The quantitative estimate of drug-likeness (QED) is 0.343. The third-order valence-corrected chi connectivity index (χ3v) is 9.54. The Kier molecular flexibility index (Phi) is 9.83. The summed E-state index contributed by atoms with van der Waals surface area (Å²) in [6.07, 6.45) is 2.04. The first-order valence-electron chi connectivity index (χ1n) is 12.6. The Hall–Kier alpha value is -2.63. The Morgan fingerprint density at radius 3 is 2.47 bits per heavy atom. The number of hydrogen-bond acceptors (Lipinski definition) is 7. The lowest BCUT2D eigenvalue weighted by Gasteiger charge is -2.36. The number of halogens is 1. The number of benzene rings is 2. The van der Waals surface area contributed by atoms with E-state index in [1.165, 1.54) is 13.0 Å². The first kappa shape index (κ1) is 29.9. The van der Waals surface area contributed by atoms with Gasteiger partial charge in [-0.25, -0.2) is 13.2 Å². The number of carbonyl (C=O) groups is 2. The second kappa shape index (κ2) is 12.5. The summed E-state index contributed by atoms with van der Waals surface area (Å²) in [5, 5.41) is 21.0. The van der Waals surface area contributed by atoms with E-state index in [0.717, 1.165) is 24.9 Å². The van der Waals surface area contributed by atoms with Crippen molar-refractivity contribution >= 4 is 49.0 Å². The number of aliphatic carboxylic acids is 1. The summed E-state index contributed by atoms with van der Waals surface area (Å²) >= 11 is 3.46. The number of anilines is 2. The fourth-order valence-corrected chi connectivity index (χ4v) is 7.34. The molecule has 0 aromatic heterocycles. The number of nitrogens with zero attached hydrogens (tertiary/aromatic N) is 1. The smallest absolute Gasteiger partial charge is 0.328 e. The van der Waals surface area contributed by atoms with Gasteiger partial charge in [-0.1, -0.05) is 44.9 Å². The lowest BCUT2D eigenvalue weighted by Crippen LogP contribution is -2.49. The Labute approximate surface area is 232 Å². The summed E-state index contributed by atoms with van der Waals surface area (Å²) in [6.45, 7) is 5.35. The zero-order chi connectivity index (χ0) is 28.1. The van der Waals surface area contributed by atoms with Gasteiger partial charge in [0.1, 0.15) is 5.75 Å². The second-order valence-electron chi connectivity index (χ2n) is 9.80. The molecule has 0 saturated carbocycles. The minimum atomic E-state index is -3.74. The van der Waals surface area contributed by atoms with E-state index in [0.29, 0.717) is 23.1 Å². The minimum absolute atomic E-state index is 0.0108. The molecule has 11 heteroatoms. The van der Waals surface area contributed by atoms with Crippen LogP contribution in [0.5, 0.6) is 5.75 Å². The summed E-state index contributed by atoms with van der Waals surface area (Å²) in [4.78, 5) is 25.7. The lowest BCUT2D eigenvalue weighted by atomic mass is 9.81. The number of hydrogen-bond donors (Lipinski definition) is 3. The molecule has 3 rings (SSSR count). The molecule has 0 fully saturated rings. The highest BCUT2D eigenvalue weighted by molar-refractivity contribution is 9.10. The summed E-state index contributed by atoms with van der Waals surface area (Å²) in [7, 11) is -3.74. The van der Waals surface area contributed by atoms with Crippen molar-refractivity contribution in [2.45, 2.75) is 63.5 Å². The molecule has 208 valence electrons. The van der Waals surface area contributed by atoms with Crippen molar-refractivity contribution in [2.24, 2.45) is 5.41 Å². The van der Waals surface area contributed by atoms with E-state index in [-0.39, 0.29) is 16.4 Å². The van der Waals surface area contributed by atoms with Crippen LogP contribution in [-0.4, -0.2) is 61.6 Å². The van der Waals surface area contributed by atoms with E-state index in [1.54, 1.807) is 6.07 Å². The Morgan fingerprint density at radius 2 is 1.89 bits per heavy atom. The average molecular weight is 612 g/mol. The largest absolute Gasteiger partial charge is 0.483 e. The molecule has 9 nitrogen and oxygen atoms in total. The number of sulfone groups is 1. The highest BCUT2D eigenvalue weighted by atomic mass is 79.9. The van der Waals surface area contributed by atoms with Gasteiger partial charge in [-0.3, -0.25) is 4.79 Å². The van der Waals surface area contributed by atoms with Crippen molar-refractivity contribution in [1.82, 2.24) is 5.32 Å². The normalized spacial score (nSPS) is 20.1. The van der Waals surface area contributed by atoms with Gasteiger partial charge in [0, 0.05) is 23.7 Å². The van der Waals surface area contributed by atoms with E-state index in [1.807, 2.05) is 42.2 Å². The molecular formula is C27H35BrN2O7S. The van der Waals surface area contributed by atoms with Gasteiger partial charge >= 0.3 is 5.97 Å². The van der Waals surface area contributed by atoms with Crippen LogP contribution >= 0.6 is 15.9 Å². The van der Waals surface area contributed by atoms with Crippen LogP contribution in [0.25, 0.3) is 0 Å². The molecule has 3 atom stereocenters. The van der Waals surface area contributed by atoms with Crippen molar-refractivity contribution in [3.05, 3.63) is 46.9 Å². The minimum Gasteiger partial charge on any atom is -0.483 e. The fourth-order valence-electron chi connectivity index (χ4n) is 4.72. The topological polar surface area (TPSA) is 133 Å². The molecule has 0 radical (unpaired) electrons. The van der Waals surface area contributed by atoms with Gasteiger partial charge in [0.25, 0.3) is 5.91 Å². The molecule has 38 heavy (non-hydrogen) atoms. The molecule has 2 aromatic carbocycles. The SMILES string of the molecule is CCCCC1(CC)CN(c2ccccc2)c2cc(Br)c(OCC(=O)NC(C(=O)O)C(C)O)cc2S(=O)(=O)C1. The van der Waals surface area contributed by atoms with E-state index in [2.05, 4.69) is 28.2 Å². The monoisotopic (exact) mass is 610 g/mol. The summed E-state index contributed by atoms with van der Waals surface area (Å²) in [5.41, 5.74) is 0.939. The van der Waals surface area contributed by atoms with Crippen LogP contribution in [0.1, 0.15) is 46.5 Å². The third kappa shape index (κ3) is 6.86. The molecule has 1 aliphatic heterocycles. The van der Waals surface area contributed by atoms with Gasteiger partial charge in [-0.05, 0) is 53.9 Å². The van der Waals surface area contributed by atoms with E-state index >= 15 is 0 Å². The van der Waals surface area contributed by atoms with Gasteiger partial charge in [-0.2, -0.15) is 0 Å². The molecule has 1 amide bonds. The van der Waals surface area contributed by atoms with Crippen LogP contribution in [0.4, 0.5) is 11.4 Å². The number of carboxylic acids is 1. The highest BCUT2D eigenvalue weighted by Gasteiger charge is 2.42. The zero-order valence-electron chi connectivity index (χ0n) is 21.8. The number of para-hydroxylation sites is 1. The Bertz CT molecular complexity index is 1250. The van der Waals surface area contributed by atoms with Crippen molar-refractivity contribution in [3.63, 3.8) is 0 Å². The van der Waals surface area contributed by atoms with E-state index in [4.69, 9.17) is 4.74 Å². The molecular weight excluding hydrogens is 576 g/mol. The lowest BCUT2D eigenvalue weighted by molar-refractivity contribution is -0.145. The predicted molar refractivity (Wildman–Crippen MR) is 149 cm³/mol. The van der Waals surface area contributed by atoms with Crippen molar-refractivity contribution in [2.75, 3.05) is 23.8 Å². The first-order valence-corrected chi connectivity index (χ1v) is 15.1. The number of aliphatic hydroxyl groups is 1. The standard InChI is InChI=1S/C27H35BrN2O7S/c1-4-6-12-27(5-2)16-30(19-10-8-7-9-11-19)21-13-20(28)22(14-23(21)38(35,36)17-27)37-15-24(32)29-25(18(3)31)26(33)34/h7-11,13-14,18,25,31H,4-6,12,15-17H2,1-3H3,(H,29,32)(H,33,34). The number of carbonyl (C=O) groups excluding carboxylic acids is 1. The number of unbranched alkanes of at least 4 members (excludes halogenated alkanes) is 1. The molecule has 0 aliphatic carbocycles. The molecule has 3 unspecified atom stereocenters. The highest BCUT2D eigenvalue weighted by Crippen LogP contribution is 2.46. The fraction of sp³-hybridized carbons (Fsp3) is 0.481. The number of aliphatic hydroxyl groups excluding tert-OH is 1. The van der Waals surface area contributed by atoms with Crippen molar-refractivity contribution < 1.29 is 33.0 Å². The number of fused-ring (bicyclic) bond motifs is 1. The van der Waals surface area contributed by atoms with Gasteiger partial charge in [0.15, 0.2) is 22.5 Å². The number of ether oxygens (including phenoxy) is 1.